The zero-order valence-corrected chi connectivity index (χ0v) is 22.4. The van der Waals surface area contributed by atoms with Gasteiger partial charge in [-0.15, -0.1) is 0 Å². The highest BCUT2D eigenvalue weighted by atomic mass is 35.5. The number of methoxy groups -OCH3 is 4. The molecular formula is C27H34ClNO7. The molecule has 1 unspecified atom stereocenters. The molecule has 1 aliphatic rings. The van der Waals surface area contributed by atoms with Crippen molar-refractivity contribution in [3.63, 3.8) is 0 Å². The zero-order chi connectivity index (χ0) is 25.7. The van der Waals surface area contributed by atoms with Crippen LogP contribution < -0.4 is 41.8 Å². The Morgan fingerprint density at radius 1 is 0.917 bits per heavy atom. The van der Waals surface area contributed by atoms with E-state index in [9.17, 15) is 9.59 Å². The van der Waals surface area contributed by atoms with E-state index in [0.29, 0.717) is 59.3 Å². The summed E-state index contributed by atoms with van der Waals surface area (Å²) in [6.07, 6.45) is 3.01. The molecule has 0 saturated carbocycles. The van der Waals surface area contributed by atoms with E-state index in [4.69, 9.17) is 23.7 Å². The maximum absolute atomic E-state index is 12.7. The van der Waals surface area contributed by atoms with Crippen LogP contribution in [0.2, 0.25) is 0 Å². The van der Waals surface area contributed by atoms with Gasteiger partial charge in [0, 0.05) is 18.4 Å². The minimum atomic E-state index is -0.510. The molecule has 2 aromatic rings. The van der Waals surface area contributed by atoms with Gasteiger partial charge in [0.1, 0.15) is 0 Å². The number of hydrogen-bond donors (Lipinski definition) is 1. The SMILES string of the molecule is COc1ccc(C2=CC(=O)CCc3c2cc(OC)c(OC)c3OC)cc1OC(=O)C([NH3+])CC(C)C.[Cl-]. The van der Waals surface area contributed by atoms with Crippen LogP contribution >= 0.6 is 0 Å². The first kappa shape index (κ1) is 29.0. The third-order valence-corrected chi connectivity index (χ3v) is 5.92. The van der Waals surface area contributed by atoms with E-state index in [0.717, 1.165) is 11.1 Å². The van der Waals surface area contributed by atoms with Crippen LogP contribution in [-0.4, -0.2) is 46.2 Å². The molecule has 1 atom stereocenters. The fraction of sp³-hybridized carbons (Fsp3) is 0.407. The number of esters is 1. The van der Waals surface area contributed by atoms with Crippen molar-refractivity contribution in [3.05, 3.63) is 47.0 Å². The molecule has 0 aliphatic heterocycles. The number of carbonyl (C=O) groups is 2. The highest BCUT2D eigenvalue weighted by molar-refractivity contribution is 6.03. The third kappa shape index (κ3) is 6.12. The van der Waals surface area contributed by atoms with Crippen LogP contribution in [0.15, 0.2) is 30.3 Å². The van der Waals surface area contributed by atoms with Crippen LogP contribution in [-0.2, 0) is 16.0 Å². The summed E-state index contributed by atoms with van der Waals surface area (Å²) in [5, 5.41) is 0. The molecule has 0 bridgehead atoms. The van der Waals surface area contributed by atoms with Gasteiger partial charge in [-0.2, -0.15) is 0 Å². The van der Waals surface area contributed by atoms with Gasteiger partial charge in [-0.3, -0.25) is 4.79 Å². The summed E-state index contributed by atoms with van der Waals surface area (Å²) >= 11 is 0. The highest BCUT2D eigenvalue weighted by Gasteiger charge is 2.27. The summed E-state index contributed by atoms with van der Waals surface area (Å²) in [5.74, 6) is 1.99. The number of hydrogen-bond acceptors (Lipinski definition) is 7. The Hall–Kier alpha value is -3.23. The molecule has 8 nitrogen and oxygen atoms in total. The van der Waals surface area contributed by atoms with Gasteiger partial charge in [0.25, 0.3) is 0 Å². The molecule has 0 amide bonds. The maximum atomic E-state index is 12.7. The normalized spacial score (nSPS) is 13.6. The number of quaternary nitrogens is 1. The van der Waals surface area contributed by atoms with Crippen molar-refractivity contribution in [2.45, 2.75) is 39.2 Å². The van der Waals surface area contributed by atoms with Crippen molar-refractivity contribution in [3.8, 4) is 28.7 Å². The standard InChI is InChI=1S/C27H33NO7.ClH/c1-15(2)11-21(28)27(30)35-23-12-16(7-10-22(23)31-3)19-13-17(29)8-9-18-20(19)14-24(32-4)26(34-6)25(18)33-5;/h7,10,12-15,21H,8-9,11,28H2,1-6H3;1H. The van der Waals surface area contributed by atoms with E-state index >= 15 is 0 Å². The second-order valence-electron chi connectivity index (χ2n) is 8.81. The lowest BCUT2D eigenvalue weighted by Crippen LogP contribution is -3.00. The minimum Gasteiger partial charge on any atom is -1.00 e. The minimum absolute atomic E-state index is 0. The van der Waals surface area contributed by atoms with Gasteiger partial charge in [-0.1, -0.05) is 19.9 Å². The quantitative estimate of drug-likeness (QED) is 0.373. The number of carbonyl (C=O) groups excluding carboxylic acids is 2. The average molecular weight is 520 g/mol. The van der Waals surface area contributed by atoms with E-state index in [2.05, 4.69) is 5.73 Å². The number of rotatable bonds is 9. The van der Waals surface area contributed by atoms with Gasteiger partial charge in [0.2, 0.25) is 5.75 Å². The topological polar surface area (TPSA) is 108 Å². The smallest absolute Gasteiger partial charge is 0.370 e. The number of ketones is 1. The van der Waals surface area contributed by atoms with Crippen molar-refractivity contribution in [2.24, 2.45) is 5.92 Å². The second kappa shape index (κ2) is 12.6. The Morgan fingerprint density at radius 2 is 1.58 bits per heavy atom. The molecule has 0 saturated heterocycles. The van der Waals surface area contributed by atoms with Crippen LogP contribution in [0.5, 0.6) is 28.7 Å². The summed E-state index contributed by atoms with van der Waals surface area (Å²) in [4.78, 5) is 25.4. The van der Waals surface area contributed by atoms with Crippen LogP contribution in [0.25, 0.3) is 5.57 Å². The van der Waals surface area contributed by atoms with Crippen LogP contribution in [0.3, 0.4) is 0 Å². The molecule has 3 N–H and O–H groups in total. The summed E-state index contributed by atoms with van der Waals surface area (Å²) in [6, 6.07) is 6.57. The molecule has 196 valence electrons. The lowest BCUT2D eigenvalue weighted by molar-refractivity contribution is -0.409. The summed E-state index contributed by atoms with van der Waals surface area (Å²) in [6.45, 7) is 4.05. The van der Waals surface area contributed by atoms with E-state index in [1.165, 1.54) is 7.11 Å². The number of fused-ring (bicyclic) bond motifs is 1. The lowest BCUT2D eigenvalue weighted by Gasteiger charge is -2.20. The van der Waals surface area contributed by atoms with Gasteiger partial charge in [-0.05, 0) is 53.3 Å². The second-order valence-corrected chi connectivity index (χ2v) is 8.81. The Bertz CT molecular complexity index is 1140. The Balaban J connectivity index is 0.00000456. The molecule has 1 aliphatic carbocycles. The van der Waals surface area contributed by atoms with E-state index in [1.807, 2.05) is 26.0 Å². The Morgan fingerprint density at radius 3 is 2.17 bits per heavy atom. The van der Waals surface area contributed by atoms with Gasteiger partial charge in [0.15, 0.2) is 34.8 Å². The molecule has 0 heterocycles. The first-order chi connectivity index (χ1) is 16.7. The van der Waals surface area contributed by atoms with Gasteiger partial charge in [0.05, 0.1) is 28.4 Å². The number of halogens is 1. The van der Waals surface area contributed by atoms with E-state index in [1.54, 1.807) is 39.5 Å². The van der Waals surface area contributed by atoms with Crippen molar-refractivity contribution < 1.29 is 51.4 Å². The van der Waals surface area contributed by atoms with Gasteiger partial charge >= 0.3 is 5.97 Å². The molecule has 0 aromatic heterocycles. The molecule has 3 rings (SSSR count). The Labute approximate surface area is 218 Å². The largest absolute Gasteiger partial charge is 1.00 e. The third-order valence-electron chi connectivity index (χ3n) is 5.92. The first-order valence-corrected chi connectivity index (χ1v) is 11.5. The van der Waals surface area contributed by atoms with Crippen LogP contribution in [0, 0.1) is 5.92 Å². The number of allylic oxidation sites excluding steroid dienone is 1. The van der Waals surface area contributed by atoms with Crippen molar-refractivity contribution >= 4 is 17.3 Å². The zero-order valence-electron chi connectivity index (χ0n) is 21.6. The fourth-order valence-electron chi connectivity index (χ4n) is 4.28. The molecule has 0 spiro atoms. The predicted molar refractivity (Wildman–Crippen MR) is 131 cm³/mol. The summed E-state index contributed by atoms with van der Waals surface area (Å²) in [5.41, 5.74) is 6.90. The Kier molecular flexibility index (Phi) is 10.2. The molecule has 0 fully saturated rings. The summed E-state index contributed by atoms with van der Waals surface area (Å²) in [7, 11) is 6.16. The van der Waals surface area contributed by atoms with Crippen molar-refractivity contribution in [1.29, 1.82) is 0 Å². The monoisotopic (exact) mass is 519 g/mol. The molecule has 36 heavy (non-hydrogen) atoms. The number of ether oxygens (including phenoxy) is 5. The van der Waals surface area contributed by atoms with Crippen molar-refractivity contribution in [1.82, 2.24) is 0 Å². The molecular weight excluding hydrogens is 486 g/mol. The van der Waals surface area contributed by atoms with Crippen molar-refractivity contribution in [2.75, 3.05) is 28.4 Å². The predicted octanol–water partition coefficient (Wildman–Crippen LogP) is 0.234. The average Bonchev–Trinajstić information content (AvgIpc) is 3.00. The first-order valence-electron chi connectivity index (χ1n) is 11.5. The summed E-state index contributed by atoms with van der Waals surface area (Å²) < 4.78 is 27.9. The van der Waals surface area contributed by atoms with Crippen LogP contribution in [0.1, 0.15) is 43.4 Å². The fourth-order valence-corrected chi connectivity index (χ4v) is 4.28. The lowest BCUT2D eigenvalue weighted by atomic mass is 9.92. The highest BCUT2D eigenvalue weighted by Crippen LogP contribution is 2.47. The van der Waals surface area contributed by atoms with Gasteiger partial charge < -0.3 is 41.8 Å². The van der Waals surface area contributed by atoms with Gasteiger partial charge in [-0.25, -0.2) is 4.79 Å². The molecule has 2 aromatic carbocycles. The molecule has 9 heteroatoms. The van der Waals surface area contributed by atoms with E-state index < -0.39 is 12.0 Å². The molecule has 0 radical (unpaired) electrons. The van der Waals surface area contributed by atoms with E-state index in [-0.39, 0.29) is 23.9 Å². The van der Waals surface area contributed by atoms with Crippen LogP contribution in [0.4, 0.5) is 0 Å². The maximum Gasteiger partial charge on any atom is 0.370 e. The number of benzene rings is 2.